The summed E-state index contributed by atoms with van der Waals surface area (Å²) in [4.78, 5) is 4.48. The van der Waals surface area contributed by atoms with Crippen molar-refractivity contribution in [3.8, 4) is 11.4 Å². The van der Waals surface area contributed by atoms with Crippen LogP contribution in [0.4, 0.5) is 0 Å². The SMILES string of the molecule is OC1CCC(c2nc(-c3ccc(Cl)c(Br)c3)no2)CC1. The Bertz CT molecular complexity index is 609. The molecule has 0 atom stereocenters. The molecule has 1 aliphatic rings. The van der Waals surface area contributed by atoms with Crippen molar-refractivity contribution in [1.82, 2.24) is 10.1 Å². The first-order valence-electron chi connectivity index (χ1n) is 6.60. The van der Waals surface area contributed by atoms with Crippen molar-refractivity contribution in [2.24, 2.45) is 0 Å². The maximum Gasteiger partial charge on any atom is 0.230 e. The molecule has 0 radical (unpaired) electrons. The summed E-state index contributed by atoms with van der Waals surface area (Å²) in [5, 5.41) is 14.2. The van der Waals surface area contributed by atoms with E-state index in [1.807, 2.05) is 12.1 Å². The van der Waals surface area contributed by atoms with Gasteiger partial charge < -0.3 is 9.63 Å². The second-order valence-electron chi connectivity index (χ2n) is 5.09. The minimum Gasteiger partial charge on any atom is -0.393 e. The van der Waals surface area contributed by atoms with E-state index in [0.29, 0.717) is 16.7 Å². The molecule has 0 saturated heterocycles. The van der Waals surface area contributed by atoms with Crippen molar-refractivity contribution in [3.05, 3.63) is 33.6 Å². The smallest absolute Gasteiger partial charge is 0.230 e. The molecule has 0 unspecified atom stereocenters. The van der Waals surface area contributed by atoms with E-state index in [0.717, 1.165) is 35.7 Å². The number of aliphatic hydroxyl groups is 1. The van der Waals surface area contributed by atoms with Crippen molar-refractivity contribution in [1.29, 1.82) is 0 Å². The van der Waals surface area contributed by atoms with E-state index in [1.165, 1.54) is 0 Å². The predicted molar refractivity (Wildman–Crippen MR) is 79.7 cm³/mol. The van der Waals surface area contributed by atoms with Gasteiger partial charge in [0.25, 0.3) is 0 Å². The fourth-order valence-corrected chi connectivity index (χ4v) is 2.97. The first-order chi connectivity index (χ1) is 9.63. The Kier molecular flexibility index (Phi) is 4.10. The predicted octanol–water partition coefficient (Wildman–Crippen LogP) is 4.17. The fraction of sp³-hybridized carbons (Fsp3) is 0.429. The zero-order chi connectivity index (χ0) is 14.1. The molecule has 1 fully saturated rings. The molecule has 1 saturated carbocycles. The van der Waals surface area contributed by atoms with Crippen LogP contribution in [-0.4, -0.2) is 21.4 Å². The van der Waals surface area contributed by atoms with Crippen molar-refractivity contribution < 1.29 is 9.63 Å². The lowest BCUT2D eigenvalue weighted by Crippen LogP contribution is -2.17. The van der Waals surface area contributed by atoms with Crippen LogP contribution in [0.3, 0.4) is 0 Å². The number of rotatable bonds is 2. The molecule has 1 N–H and O–H groups in total. The molecular weight excluding hydrogens is 344 g/mol. The van der Waals surface area contributed by atoms with E-state index in [4.69, 9.17) is 16.1 Å². The topological polar surface area (TPSA) is 59.2 Å². The summed E-state index contributed by atoms with van der Waals surface area (Å²) in [5.74, 6) is 1.50. The molecule has 1 aliphatic carbocycles. The van der Waals surface area contributed by atoms with Crippen molar-refractivity contribution in [2.45, 2.75) is 37.7 Å². The molecular formula is C14H14BrClN2O2. The average Bonchev–Trinajstić information content (AvgIpc) is 2.92. The van der Waals surface area contributed by atoms with Crippen LogP contribution in [-0.2, 0) is 0 Å². The van der Waals surface area contributed by atoms with Gasteiger partial charge in [0.15, 0.2) is 0 Å². The molecule has 0 bridgehead atoms. The van der Waals surface area contributed by atoms with Crippen LogP contribution in [0.2, 0.25) is 5.02 Å². The van der Waals surface area contributed by atoms with E-state index in [-0.39, 0.29) is 12.0 Å². The Morgan fingerprint density at radius 3 is 2.70 bits per heavy atom. The van der Waals surface area contributed by atoms with Gasteiger partial charge >= 0.3 is 0 Å². The molecule has 0 amide bonds. The van der Waals surface area contributed by atoms with Crippen LogP contribution >= 0.6 is 27.5 Å². The van der Waals surface area contributed by atoms with Gasteiger partial charge in [-0.3, -0.25) is 0 Å². The Balaban J connectivity index is 1.81. The first-order valence-corrected chi connectivity index (χ1v) is 7.77. The number of benzene rings is 1. The Labute approximate surface area is 130 Å². The van der Waals surface area contributed by atoms with Crippen LogP contribution in [0.1, 0.15) is 37.5 Å². The first kappa shape index (κ1) is 14.0. The quantitative estimate of drug-likeness (QED) is 0.876. The summed E-state index contributed by atoms with van der Waals surface area (Å²) in [6.07, 6.45) is 3.21. The van der Waals surface area contributed by atoms with Gasteiger partial charge in [0, 0.05) is 16.0 Å². The molecule has 106 valence electrons. The summed E-state index contributed by atoms with van der Waals surface area (Å²) in [6.45, 7) is 0. The Hall–Kier alpha value is -0.910. The molecule has 3 rings (SSSR count). The number of hydrogen-bond acceptors (Lipinski definition) is 4. The Morgan fingerprint density at radius 1 is 1.25 bits per heavy atom. The van der Waals surface area contributed by atoms with E-state index in [1.54, 1.807) is 6.07 Å². The zero-order valence-corrected chi connectivity index (χ0v) is 13.1. The zero-order valence-electron chi connectivity index (χ0n) is 10.7. The van der Waals surface area contributed by atoms with Crippen molar-refractivity contribution >= 4 is 27.5 Å². The van der Waals surface area contributed by atoms with E-state index < -0.39 is 0 Å². The second-order valence-corrected chi connectivity index (χ2v) is 6.35. The van der Waals surface area contributed by atoms with Gasteiger partial charge in [0.05, 0.1) is 11.1 Å². The van der Waals surface area contributed by atoms with Gasteiger partial charge in [-0.2, -0.15) is 4.98 Å². The molecule has 1 heterocycles. The highest BCUT2D eigenvalue weighted by atomic mass is 79.9. The number of aliphatic hydroxyl groups excluding tert-OH is 1. The van der Waals surface area contributed by atoms with Gasteiger partial charge in [-0.05, 0) is 59.8 Å². The third-order valence-electron chi connectivity index (χ3n) is 3.67. The lowest BCUT2D eigenvalue weighted by Gasteiger charge is -2.22. The van der Waals surface area contributed by atoms with Crippen LogP contribution in [0.5, 0.6) is 0 Å². The van der Waals surface area contributed by atoms with Crippen LogP contribution in [0.25, 0.3) is 11.4 Å². The van der Waals surface area contributed by atoms with Gasteiger partial charge in [-0.25, -0.2) is 0 Å². The number of halogens is 2. The molecule has 1 aromatic carbocycles. The molecule has 1 aromatic heterocycles. The minimum absolute atomic E-state index is 0.180. The summed E-state index contributed by atoms with van der Waals surface area (Å²) < 4.78 is 6.18. The number of aromatic nitrogens is 2. The number of hydrogen-bond donors (Lipinski definition) is 1. The normalized spacial score (nSPS) is 22.9. The summed E-state index contributed by atoms with van der Waals surface area (Å²) >= 11 is 9.36. The highest BCUT2D eigenvalue weighted by molar-refractivity contribution is 9.10. The van der Waals surface area contributed by atoms with Crippen LogP contribution in [0, 0.1) is 0 Å². The molecule has 20 heavy (non-hydrogen) atoms. The monoisotopic (exact) mass is 356 g/mol. The minimum atomic E-state index is -0.180. The molecule has 0 aliphatic heterocycles. The average molecular weight is 358 g/mol. The highest BCUT2D eigenvalue weighted by Gasteiger charge is 2.25. The maximum atomic E-state index is 9.53. The summed E-state index contributed by atoms with van der Waals surface area (Å²) in [5.41, 5.74) is 0.868. The number of nitrogens with zero attached hydrogens (tertiary/aromatic N) is 2. The van der Waals surface area contributed by atoms with E-state index in [9.17, 15) is 5.11 Å². The standard InChI is InChI=1S/C14H14BrClN2O2/c15-11-7-9(3-6-12(11)16)13-17-14(20-18-13)8-1-4-10(19)5-2-8/h3,6-8,10,19H,1-2,4-5H2. The maximum absolute atomic E-state index is 9.53. The molecule has 6 heteroatoms. The van der Waals surface area contributed by atoms with Crippen molar-refractivity contribution in [2.75, 3.05) is 0 Å². The fourth-order valence-electron chi connectivity index (χ4n) is 2.48. The van der Waals surface area contributed by atoms with Gasteiger partial charge in [0.1, 0.15) is 0 Å². The lowest BCUT2D eigenvalue weighted by molar-refractivity contribution is 0.116. The third-order valence-corrected chi connectivity index (χ3v) is 4.88. The van der Waals surface area contributed by atoms with Gasteiger partial charge in [0.2, 0.25) is 11.7 Å². The van der Waals surface area contributed by atoms with E-state index >= 15 is 0 Å². The summed E-state index contributed by atoms with van der Waals surface area (Å²) in [7, 11) is 0. The van der Waals surface area contributed by atoms with E-state index in [2.05, 4.69) is 26.1 Å². The van der Waals surface area contributed by atoms with Gasteiger partial charge in [-0.1, -0.05) is 16.8 Å². The molecule has 2 aromatic rings. The van der Waals surface area contributed by atoms with Crippen LogP contribution < -0.4 is 0 Å². The lowest BCUT2D eigenvalue weighted by atomic mass is 9.87. The molecule has 0 spiro atoms. The summed E-state index contributed by atoms with van der Waals surface area (Å²) in [6, 6.07) is 5.54. The van der Waals surface area contributed by atoms with Crippen LogP contribution in [0.15, 0.2) is 27.2 Å². The third kappa shape index (κ3) is 2.90. The van der Waals surface area contributed by atoms with Crippen molar-refractivity contribution in [3.63, 3.8) is 0 Å². The second kappa shape index (κ2) is 5.84. The largest absolute Gasteiger partial charge is 0.393 e. The Morgan fingerprint density at radius 2 is 2.00 bits per heavy atom. The molecule has 4 nitrogen and oxygen atoms in total. The van der Waals surface area contributed by atoms with Gasteiger partial charge in [-0.15, -0.1) is 0 Å². The highest BCUT2D eigenvalue weighted by Crippen LogP contribution is 2.33.